The average molecular weight is 472 g/mol. The molecule has 0 bridgehead atoms. The number of nitrogens with one attached hydrogen (secondary N) is 3. The molecule has 9 nitrogen and oxygen atoms in total. The molecule has 2 fully saturated rings. The number of nitrogens with zero attached hydrogens (tertiary/aromatic N) is 2. The van der Waals surface area contributed by atoms with Gasteiger partial charge in [-0.05, 0) is 31.2 Å². The van der Waals surface area contributed by atoms with Crippen molar-refractivity contribution in [3.8, 4) is 11.9 Å². The standard InChI is InChI=1S/C23H26ClN5O4/c1-33-23-20(24)16-9-17(29-18(16)11-27-23)19(30)8-14(6-12-2-3-12)22(32)28-15(10-25)7-13-4-5-26-21(13)31/h9,11-15,29H,2-8H2,1H3,(H,26,31)(H,28,32)/t13?,14-,15+/m1/s1. The molecule has 10 heteroatoms. The lowest BCUT2D eigenvalue weighted by atomic mass is 9.93. The smallest absolute Gasteiger partial charge is 0.233 e. The van der Waals surface area contributed by atoms with Crippen LogP contribution in [0.4, 0.5) is 0 Å². The number of pyridine rings is 1. The van der Waals surface area contributed by atoms with E-state index in [2.05, 4.69) is 26.7 Å². The number of carbonyl (C=O) groups excluding carboxylic acids is 3. The molecular weight excluding hydrogens is 446 g/mol. The molecule has 1 aliphatic heterocycles. The van der Waals surface area contributed by atoms with Crippen molar-refractivity contribution in [3.63, 3.8) is 0 Å². The van der Waals surface area contributed by atoms with Crippen LogP contribution in [0.3, 0.4) is 0 Å². The van der Waals surface area contributed by atoms with Crippen LogP contribution in [0.2, 0.25) is 5.02 Å². The molecule has 0 radical (unpaired) electrons. The molecule has 1 aliphatic carbocycles. The monoisotopic (exact) mass is 471 g/mol. The third-order valence-electron chi connectivity index (χ3n) is 6.35. The molecule has 4 rings (SSSR count). The van der Waals surface area contributed by atoms with Crippen molar-refractivity contribution in [3.05, 3.63) is 23.0 Å². The predicted molar refractivity (Wildman–Crippen MR) is 121 cm³/mol. The molecule has 0 spiro atoms. The Labute approximate surface area is 196 Å². The lowest BCUT2D eigenvalue weighted by molar-refractivity contribution is -0.127. The number of rotatable bonds is 10. The fraction of sp³-hybridized carbons (Fsp3) is 0.522. The predicted octanol–water partition coefficient (Wildman–Crippen LogP) is 2.75. The Hall–Kier alpha value is -3.12. The van der Waals surface area contributed by atoms with E-state index < -0.39 is 12.0 Å². The highest BCUT2D eigenvalue weighted by atomic mass is 35.5. The van der Waals surface area contributed by atoms with Gasteiger partial charge >= 0.3 is 0 Å². The minimum Gasteiger partial charge on any atom is -0.480 e. The molecule has 2 aromatic rings. The Bertz CT molecular complexity index is 1120. The summed E-state index contributed by atoms with van der Waals surface area (Å²) in [7, 11) is 1.47. The van der Waals surface area contributed by atoms with Gasteiger partial charge in [0.05, 0.1) is 30.6 Å². The minimum atomic E-state index is -0.770. The van der Waals surface area contributed by atoms with E-state index in [-0.39, 0.29) is 42.2 Å². The summed E-state index contributed by atoms with van der Waals surface area (Å²) < 4.78 is 5.13. The largest absolute Gasteiger partial charge is 0.480 e. The molecule has 2 aliphatic rings. The molecule has 3 atom stereocenters. The summed E-state index contributed by atoms with van der Waals surface area (Å²) in [5.74, 6) is -0.763. The summed E-state index contributed by atoms with van der Waals surface area (Å²) in [6, 6.07) is 2.96. The first kappa shape index (κ1) is 23.1. The first-order valence-corrected chi connectivity index (χ1v) is 11.5. The molecule has 33 heavy (non-hydrogen) atoms. The fourth-order valence-electron chi connectivity index (χ4n) is 4.30. The van der Waals surface area contributed by atoms with E-state index in [0.29, 0.717) is 46.9 Å². The maximum Gasteiger partial charge on any atom is 0.233 e. The van der Waals surface area contributed by atoms with Gasteiger partial charge in [0, 0.05) is 30.2 Å². The second-order valence-electron chi connectivity index (χ2n) is 8.80. The van der Waals surface area contributed by atoms with Gasteiger partial charge in [-0.1, -0.05) is 24.4 Å². The second kappa shape index (κ2) is 9.79. The van der Waals surface area contributed by atoms with Crippen LogP contribution in [0, 0.1) is 29.1 Å². The number of aromatic nitrogens is 2. The molecule has 2 amide bonds. The van der Waals surface area contributed by atoms with Crippen LogP contribution in [0.15, 0.2) is 12.3 Å². The molecule has 3 heterocycles. The van der Waals surface area contributed by atoms with Crippen LogP contribution in [0.5, 0.6) is 5.88 Å². The Morgan fingerprint density at radius 2 is 2.15 bits per heavy atom. The first-order valence-electron chi connectivity index (χ1n) is 11.1. The van der Waals surface area contributed by atoms with Gasteiger partial charge in [-0.25, -0.2) is 4.98 Å². The van der Waals surface area contributed by atoms with E-state index in [9.17, 15) is 19.6 Å². The third-order valence-corrected chi connectivity index (χ3v) is 6.72. The van der Waals surface area contributed by atoms with Crippen LogP contribution >= 0.6 is 11.6 Å². The van der Waals surface area contributed by atoms with E-state index in [1.807, 2.05) is 0 Å². The Kier molecular flexibility index (Phi) is 6.84. The van der Waals surface area contributed by atoms with Gasteiger partial charge in [0.2, 0.25) is 17.7 Å². The first-order chi connectivity index (χ1) is 15.9. The van der Waals surface area contributed by atoms with Crippen LogP contribution in [-0.2, 0) is 9.59 Å². The number of ketones is 1. The van der Waals surface area contributed by atoms with Crippen molar-refractivity contribution in [1.29, 1.82) is 5.26 Å². The zero-order chi connectivity index (χ0) is 23.5. The number of Topliss-reactive ketones (excluding diaryl/α,β-unsaturated/α-hetero) is 1. The van der Waals surface area contributed by atoms with E-state index in [1.165, 1.54) is 7.11 Å². The number of methoxy groups -OCH3 is 1. The third kappa shape index (κ3) is 5.28. The van der Waals surface area contributed by atoms with Crippen molar-refractivity contribution in [1.82, 2.24) is 20.6 Å². The van der Waals surface area contributed by atoms with Crippen LogP contribution in [0.25, 0.3) is 10.9 Å². The van der Waals surface area contributed by atoms with E-state index in [4.69, 9.17) is 16.3 Å². The van der Waals surface area contributed by atoms with Crippen molar-refractivity contribution < 1.29 is 19.1 Å². The van der Waals surface area contributed by atoms with Gasteiger partial charge in [-0.15, -0.1) is 0 Å². The maximum absolute atomic E-state index is 13.0. The highest BCUT2D eigenvalue weighted by Crippen LogP contribution is 2.37. The Morgan fingerprint density at radius 1 is 1.36 bits per heavy atom. The van der Waals surface area contributed by atoms with Gasteiger partial charge in [0.1, 0.15) is 11.1 Å². The fourth-order valence-corrected chi connectivity index (χ4v) is 4.58. The zero-order valence-electron chi connectivity index (χ0n) is 18.3. The van der Waals surface area contributed by atoms with Gasteiger partial charge in [-0.3, -0.25) is 14.4 Å². The number of fused-ring (bicyclic) bond motifs is 1. The molecule has 0 aromatic carbocycles. The topological polar surface area (TPSA) is 137 Å². The number of amides is 2. The summed E-state index contributed by atoms with van der Waals surface area (Å²) >= 11 is 6.30. The summed E-state index contributed by atoms with van der Waals surface area (Å²) in [5.41, 5.74) is 0.946. The number of ether oxygens (including phenoxy) is 1. The Balaban J connectivity index is 1.45. The summed E-state index contributed by atoms with van der Waals surface area (Å²) in [6.45, 7) is 0.588. The molecule has 3 N–H and O–H groups in total. The van der Waals surface area contributed by atoms with E-state index >= 15 is 0 Å². The lowest BCUT2D eigenvalue weighted by Gasteiger charge is -2.19. The van der Waals surface area contributed by atoms with Gasteiger partial charge in [-0.2, -0.15) is 5.26 Å². The molecule has 1 unspecified atom stereocenters. The van der Waals surface area contributed by atoms with Gasteiger partial charge < -0.3 is 20.4 Å². The lowest BCUT2D eigenvalue weighted by Crippen LogP contribution is -2.40. The number of carbonyl (C=O) groups is 3. The number of aromatic amines is 1. The van der Waals surface area contributed by atoms with Crippen molar-refractivity contribution in [2.24, 2.45) is 17.8 Å². The summed E-state index contributed by atoms with van der Waals surface area (Å²) in [6.07, 6.45) is 5.15. The van der Waals surface area contributed by atoms with Crippen molar-refractivity contribution >= 4 is 40.1 Å². The second-order valence-corrected chi connectivity index (χ2v) is 9.18. The summed E-state index contributed by atoms with van der Waals surface area (Å²) in [5, 5.41) is 15.9. The average Bonchev–Trinajstić information content (AvgIpc) is 3.36. The SMILES string of the molecule is COc1ncc2[nH]c(C(=O)C[C@@H](CC3CC3)C(=O)N[C@H](C#N)CC3CCNC3=O)cc2c1Cl. The minimum absolute atomic E-state index is 0.0133. The van der Waals surface area contributed by atoms with Gasteiger partial charge in [0.25, 0.3) is 0 Å². The van der Waals surface area contributed by atoms with Gasteiger partial charge in [0.15, 0.2) is 5.78 Å². The molecule has 1 saturated carbocycles. The highest BCUT2D eigenvalue weighted by Gasteiger charge is 2.34. The summed E-state index contributed by atoms with van der Waals surface area (Å²) in [4.78, 5) is 45.1. The zero-order valence-corrected chi connectivity index (χ0v) is 19.1. The van der Waals surface area contributed by atoms with Crippen molar-refractivity contribution in [2.45, 2.75) is 44.6 Å². The molecule has 2 aromatic heterocycles. The van der Waals surface area contributed by atoms with E-state index in [0.717, 1.165) is 12.8 Å². The highest BCUT2D eigenvalue weighted by molar-refractivity contribution is 6.36. The number of nitriles is 1. The number of halogens is 1. The quantitative estimate of drug-likeness (QED) is 0.455. The normalized spacial score (nSPS) is 19.5. The van der Waals surface area contributed by atoms with Crippen LogP contribution in [0.1, 0.15) is 49.0 Å². The molecular formula is C23H26ClN5O4. The number of H-pyrrole nitrogens is 1. The van der Waals surface area contributed by atoms with Crippen LogP contribution in [-0.4, -0.2) is 47.3 Å². The maximum atomic E-state index is 13.0. The van der Waals surface area contributed by atoms with E-state index in [1.54, 1.807) is 12.3 Å². The van der Waals surface area contributed by atoms with Crippen molar-refractivity contribution in [2.75, 3.05) is 13.7 Å². The molecule has 1 saturated heterocycles. The number of hydrogen-bond acceptors (Lipinski definition) is 6. The molecule has 174 valence electrons. The van der Waals surface area contributed by atoms with Crippen LogP contribution < -0.4 is 15.4 Å². The number of hydrogen-bond donors (Lipinski definition) is 3. The Morgan fingerprint density at radius 3 is 2.79 bits per heavy atom.